The topological polar surface area (TPSA) is 66.8 Å². The van der Waals surface area contributed by atoms with Gasteiger partial charge in [0.15, 0.2) is 0 Å². The molecular formula is C19H17F4NO4. The summed E-state index contributed by atoms with van der Waals surface area (Å²) < 4.78 is 57.4. The summed E-state index contributed by atoms with van der Waals surface area (Å²) in [7, 11) is 1.38. The lowest BCUT2D eigenvalue weighted by Gasteiger charge is -2.29. The van der Waals surface area contributed by atoms with E-state index in [1.165, 1.54) is 26.1 Å². The molecule has 9 heteroatoms. The number of hydrogen-bond acceptors (Lipinski definition) is 4. The molecule has 0 aliphatic carbocycles. The van der Waals surface area contributed by atoms with Gasteiger partial charge in [-0.3, -0.25) is 4.79 Å². The molecule has 5 nitrogen and oxygen atoms in total. The van der Waals surface area contributed by atoms with Crippen LogP contribution >= 0.6 is 0 Å². The number of carbonyl (C=O) groups is 2. The van der Waals surface area contributed by atoms with Gasteiger partial charge in [-0.1, -0.05) is 12.1 Å². The molecule has 28 heavy (non-hydrogen) atoms. The Morgan fingerprint density at radius 2 is 1.57 bits per heavy atom. The zero-order chi connectivity index (χ0) is 21.1. The van der Waals surface area contributed by atoms with E-state index in [1.54, 1.807) is 0 Å². The van der Waals surface area contributed by atoms with E-state index in [2.05, 4.69) is 4.74 Å². The molecule has 2 rings (SSSR count). The van der Waals surface area contributed by atoms with Crippen molar-refractivity contribution in [3.05, 3.63) is 65.5 Å². The Morgan fingerprint density at radius 3 is 2.04 bits per heavy atom. The molecule has 1 amide bonds. The third-order valence-electron chi connectivity index (χ3n) is 4.05. The molecule has 0 heterocycles. The number of nitrogens with zero attached hydrogens (tertiary/aromatic N) is 1. The summed E-state index contributed by atoms with van der Waals surface area (Å²) >= 11 is 0. The highest BCUT2D eigenvalue weighted by molar-refractivity contribution is 6.05. The molecule has 0 saturated carbocycles. The number of anilines is 1. The number of esters is 1. The SMILES string of the molecule is CCOC(=O)[C@@](O)(c1ccc(N(C)C(=O)c2ccc(F)cc2)cc1)C(F)(F)F. The van der Waals surface area contributed by atoms with Crippen molar-refractivity contribution in [3.63, 3.8) is 0 Å². The summed E-state index contributed by atoms with van der Waals surface area (Å²) in [5, 5.41) is 10.0. The second-order valence-electron chi connectivity index (χ2n) is 5.85. The molecule has 0 aliphatic rings. The molecule has 0 unspecified atom stereocenters. The molecule has 1 N–H and O–H groups in total. The van der Waals surface area contributed by atoms with Crippen LogP contribution in [0.25, 0.3) is 0 Å². The second-order valence-corrected chi connectivity index (χ2v) is 5.85. The number of hydrogen-bond donors (Lipinski definition) is 1. The molecule has 0 spiro atoms. The molecule has 1 atom stereocenters. The van der Waals surface area contributed by atoms with Crippen LogP contribution in [0.5, 0.6) is 0 Å². The molecule has 0 aromatic heterocycles. The molecule has 150 valence electrons. The van der Waals surface area contributed by atoms with Gasteiger partial charge < -0.3 is 14.7 Å². The minimum Gasteiger partial charge on any atom is -0.463 e. The van der Waals surface area contributed by atoms with Gasteiger partial charge in [0.25, 0.3) is 11.5 Å². The average molecular weight is 399 g/mol. The van der Waals surface area contributed by atoms with Crippen molar-refractivity contribution >= 4 is 17.6 Å². The monoisotopic (exact) mass is 399 g/mol. The number of alkyl halides is 3. The van der Waals surface area contributed by atoms with E-state index in [9.17, 15) is 32.3 Å². The van der Waals surface area contributed by atoms with Crippen molar-refractivity contribution in [2.45, 2.75) is 18.7 Å². The largest absolute Gasteiger partial charge is 0.463 e. The van der Waals surface area contributed by atoms with Crippen molar-refractivity contribution in [1.82, 2.24) is 0 Å². The lowest BCUT2D eigenvalue weighted by Crippen LogP contribution is -2.50. The third kappa shape index (κ3) is 3.99. The van der Waals surface area contributed by atoms with Crippen molar-refractivity contribution in [3.8, 4) is 0 Å². The number of ether oxygens (including phenoxy) is 1. The van der Waals surface area contributed by atoms with Crippen LogP contribution in [-0.2, 0) is 15.1 Å². The number of carbonyl (C=O) groups excluding carboxylic acids is 2. The zero-order valence-electron chi connectivity index (χ0n) is 15.0. The Kier molecular flexibility index (Phi) is 6.08. The Bertz CT molecular complexity index is 850. The number of aliphatic hydroxyl groups is 1. The van der Waals surface area contributed by atoms with Crippen molar-refractivity contribution in [2.75, 3.05) is 18.6 Å². The van der Waals surface area contributed by atoms with Crippen LogP contribution in [0, 0.1) is 5.82 Å². The van der Waals surface area contributed by atoms with Gasteiger partial charge in [-0.15, -0.1) is 0 Å². The first-order valence-electron chi connectivity index (χ1n) is 8.12. The average Bonchev–Trinajstić information content (AvgIpc) is 2.66. The normalized spacial score (nSPS) is 13.5. The maximum absolute atomic E-state index is 13.4. The van der Waals surface area contributed by atoms with Gasteiger partial charge in [0.05, 0.1) is 6.61 Å². The predicted molar refractivity (Wildman–Crippen MR) is 92.2 cm³/mol. The predicted octanol–water partition coefficient (Wildman–Crippen LogP) is 3.42. The minimum absolute atomic E-state index is 0.172. The van der Waals surface area contributed by atoms with Gasteiger partial charge in [0, 0.05) is 23.9 Å². The number of benzene rings is 2. The van der Waals surface area contributed by atoms with E-state index < -0.39 is 35.0 Å². The van der Waals surface area contributed by atoms with Crippen LogP contribution < -0.4 is 4.90 Å². The second kappa shape index (κ2) is 7.97. The Labute approximate surface area is 158 Å². The van der Waals surface area contributed by atoms with Crippen LogP contribution in [0.2, 0.25) is 0 Å². The summed E-state index contributed by atoms with van der Waals surface area (Å²) in [6, 6.07) is 8.80. The van der Waals surface area contributed by atoms with E-state index in [-0.39, 0.29) is 17.9 Å². The highest BCUT2D eigenvalue weighted by atomic mass is 19.4. The van der Waals surface area contributed by atoms with Crippen molar-refractivity contribution in [2.24, 2.45) is 0 Å². The van der Waals surface area contributed by atoms with Crippen LogP contribution in [-0.4, -0.2) is 36.8 Å². The molecular weight excluding hydrogens is 382 g/mol. The fraction of sp³-hybridized carbons (Fsp3) is 0.263. The standard InChI is InChI=1S/C19H17F4NO4/c1-3-28-17(26)18(27,19(21,22)23)13-6-10-15(11-7-13)24(2)16(25)12-4-8-14(20)9-5-12/h4-11,27H,3H2,1-2H3/t18-/m0/s1. The Hall–Kier alpha value is -2.94. The van der Waals surface area contributed by atoms with Crippen LogP contribution in [0.15, 0.2) is 48.5 Å². The van der Waals surface area contributed by atoms with Crippen LogP contribution in [0.4, 0.5) is 23.2 Å². The van der Waals surface area contributed by atoms with Crippen molar-refractivity contribution in [1.29, 1.82) is 0 Å². The van der Waals surface area contributed by atoms with Crippen LogP contribution in [0.3, 0.4) is 0 Å². The van der Waals surface area contributed by atoms with Gasteiger partial charge in [-0.25, -0.2) is 9.18 Å². The smallest absolute Gasteiger partial charge is 0.432 e. The number of amides is 1. The molecule has 0 fully saturated rings. The minimum atomic E-state index is -5.31. The highest BCUT2D eigenvalue weighted by Crippen LogP contribution is 2.40. The van der Waals surface area contributed by atoms with Gasteiger partial charge >= 0.3 is 12.1 Å². The van der Waals surface area contributed by atoms with E-state index in [0.29, 0.717) is 0 Å². The molecule has 0 bridgehead atoms. The Morgan fingerprint density at radius 1 is 1.04 bits per heavy atom. The lowest BCUT2D eigenvalue weighted by molar-refractivity contribution is -0.267. The fourth-order valence-electron chi connectivity index (χ4n) is 2.46. The zero-order valence-corrected chi connectivity index (χ0v) is 15.0. The van der Waals surface area contributed by atoms with Gasteiger partial charge in [0.2, 0.25) is 0 Å². The van der Waals surface area contributed by atoms with E-state index in [0.717, 1.165) is 41.3 Å². The third-order valence-corrected chi connectivity index (χ3v) is 4.05. The number of halogens is 4. The first-order valence-corrected chi connectivity index (χ1v) is 8.12. The first kappa shape index (κ1) is 21.4. The summed E-state index contributed by atoms with van der Waals surface area (Å²) in [4.78, 5) is 25.3. The molecule has 0 radical (unpaired) electrons. The molecule has 2 aromatic carbocycles. The first-order chi connectivity index (χ1) is 13.0. The van der Waals surface area contributed by atoms with Gasteiger partial charge in [-0.05, 0) is 43.3 Å². The highest BCUT2D eigenvalue weighted by Gasteiger charge is 2.62. The Balaban J connectivity index is 2.33. The molecule has 2 aromatic rings. The quantitative estimate of drug-likeness (QED) is 0.618. The molecule has 0 saturated heterocycles. The van der Waals surface area contributed by atoms with E-state index in [4.69, 9.17) is 0 Å². The maximum Gasteiger partial charge on any atom is 0.432 e. The number of rotatable bonds is 5. The summed E-state index contributed by atoms with van der Waals surface area (Å²) in [5.74, 6) is -2.89. The van der Waals surface area contributed by atoms with E-state index >= 15 is 0 Å². The van der Waals surface area contributed by atoms with Crippen LogP contribution in [0.1, 0.15) is 22.8 Å². The summed E-state index contributed by atoms with van der Waals surface area (Å²) in [6.07, 6.45) is -5.31. The summed E-state index contributed by atoms with van der Waals surface area (Å²) in [5.41, 5.74) is -4.20. The van der Waals surface area contributed by atoms with Gasteiger partial charge in [-0.2, -0.15) is 13.2 Å². The van der Waals surface area contributed by atoms with Gasteiger partial charge in [0.1, 0.15) is 5.82 Å². The fourth-order valence-corrected chi connectivity index (χ4v) is 2.46. The summed E-state index contributed by atoms with van der Waals surface area (Å²) in [6.45, 7) is 0.970. The van der Waals surface area contributed by atoms with E-state index in [1.807, 2.05) is 0 Å². The van der Waals surface area contributed by atoms with Crippen molar-refractivity contribution < 1.29 is 37.0 Å². The molecule has 0 aliphatic heterocycles. The maximum atomic E-state index is 13.4. The lowest BCUT2D eigenvalue weighted by atomic mass is 9.93.